The van der Waals surface area contributed by atoms with Gasteiger partial charge in [0.2, 0.25) is 11.9 Å². The van der Waals surface area contributed by atoms with Crippen LogP contribution >= 0.6 is 0 Å². The fraction of sp³-hybridized carbons (Fsp3) is 0.353. The molecule has 0 spiro atoms. The van der Waals surface area contributed by atoms with Gasteiger partial charge in [-0.15, -0.1) is 0 Å². The first-order valence-electron chi connectivity index (χ1n) is 8.35. The average Bonchev–Trinajstić information content (AvgIpc) is 2.67. The Morgan fingerprint density at radius 2 is 1.86 bits per heavy atom. The zero-order valence-corrected chi connectivity index (χ0v) is 18.6. The Bertz CT molecular complexity index is 918. The van der Waals surface area contributed by atoms with Gasteiger partial charge in [-0.2, -0.15) is 8.42 Å². The molecule has 0 atom stereocenters. The standard InChI is InChI=1S/C17H21N5O4S.Na/c1-26-14-5-2-4-13(12-14)17(15(23)21-27(18,24)25)6-10-22(11-7-17)16-19-8-3-9-20-16;/h2-5,8-9,12H,6-7,10-11H2,1H3,(H,21,23)(H2,18,24,25);. The van der Waals surface area contributed by atoms with E-state index in [-0.39, 0.29) is 29.6 Å². The topological polar surface area (TPSA) is 128 Å². The number of carbonyl (C=O) groups excluding carboxylic acids is 1. The van der Waals surface area contributed by atoms with Crippen LogP contribution in [0.15, 0.2) is 42.7 Å². The summed E-state index contributed by atoms with van der Waals surface area (Å²) >= 11 is 0. The van der Waals surface area contributed by atoms with Crippen molar-refractivity contribution >= 4 is 51.6 Å². The maximum Gasteiger partial charge on any atom is 0.298 e. The van der Waals surface area contributed by atoms with E-state index in [1.54, 1.807) is 42.7 Å². The van der Waals surface area contributed by atoms with Crippen LogP contribution in [0.2, 0.25) is 0 Å². The van der Waals surface area contributed by atoms with Gasteiger partial charge >= 0.3 is 0 Å². The number of nitrogens with two attached hydrogens (primary N) is 1. The third-order valence-corrected chi connectivity index (χ3v) is 5.21. The Morgan fingerprint density at radius 3 is 2.43 bits per heavy atom. The van der Waals surface area contributed by atoms with Crippen molar-refractivity contribution in [3.63, 3.8) is 0 Å². The van der Waals surface area contributed by atoms with E-state index in [1.807, 2.05) is 9.62 Å². The molecule has 1 aliphatic heterocycles. The number of nitrogens with zero attached hydrogens (tertiary/aromatic N) is 3. The fourth-order valence-electron chi connectivity index (χ4n) is 3.34. The van der Waals surface area contributed by atoms with Crippen molar-refractivity contribution in [2.24, 2.45) is 5.14 Å². The van der Waals surface area contributed by atoms with E-state index >= 15 is 0 Å². The molecule has 2 heterocycles. The normalized spacial score (nSPS) is 16.0. The molecule has 9 nitrogen and oxygen atoms in total. The van der Waals surface area contributed by atoms with E-state index in [2.05, 4.69) is 9.97 Å². The Labute approximate surface area is 186 Å². The number of benzene rings is 1. The number of anilines is 1. The molecule has 3 N–H and O–H groups in total. The molecule has 2 aromatic rings. The predicted octanol–water partition coefficient (Wildman–Crippen LogP) is -0.0377. The van der Waals surface area contributed by atoms with Gasteiger partial charge in [0.25, 0.3) is 10.2 Å². The number of amides is 1. The zero-order chi connectivity index (χ0) is 19.5. The Kier molecular flexibility index (Phi) is 7.40. The summed E-state index contributed by atoms with van der Waals surface area (Å²) in [6.07, 6.45) is 4.06. The molecule has 1 saturated heterocycles. The van der Waals surface area contributed by atoms with Crippen molar-refractivity contribution in [1.82, 2.24) is 14.7 Å². The van der Waals surface area contributed by atoms with Crippen LogP contribution in [0.25, 0.3) is 0 Å². The third-order valence-electron chi connectivity index (χ3n) is 4.74. The molecular weight excluding hydrogens is 393 g/mol. The Hall–Kier alpha value is -1.72. The molecule has 1 aromatic heterocycles. The van der Waals surface area contributed by atoms with Gasteiger partial charge in [-0.05, 0) is 36.6 Å². The number of rotatable bonds is 5. The summed E-state index contributed by atoms with van der Waals surface area (Å²) in [4.78, 5) is 23.3. The molecule has 0 aliphatic carbocycles. The van der Waals surface area contributed by atoms with Gasteiger partial charge in [0.1, 0.15) is 5.75 Å². The summed E-state index contributed by atoms with van der Waals surface area (Å²) in [6.45, 7) is 0.971. The Morgan fingerprint density at radius 1 is 1.21 bits per heavy atom. The van der Waals surface area contributed by atoms with Gasteiger partial charge in [0.05, 0.1) is 12.5 Å². The van der Waals surface area contributed by atoms with Crippen molar-refractivity contribution in [3.8, 4) is 5.75 Å². The van der Waals surface area contributed by atoms with Crippen LogP contribution in [0, 0.1) is 0 Å². The summed E-state index contributed by atoms with van der Waals surface area (Å²) in [7, 11) is -2.64. The zero-order valence-electron chi connectivity index (χ0n) is 15.8. The number of aromatic nitrogens is 2. The number of ether oxygens (including phenoxy) is 1. The number of hydrogen-bond acceptors (Lipinski definition) is 7. The fourth-order valence-corrected chi connectivity index (χ4v) is 3.79. The van der Waals surface area contributed by atoms with Crippen LogP contribution in [0.5, 0.6) is 5.75 Å². The van der Waals surface area contributed by atoms with Crippen LogP contribution in [-0.2, 0) is 20.4 Å². The SMILES string of the molecule is COc1cccc(C2(C(=O)NS(N)(=O)=O)CCN(c3ncccn3)CC2)c1.[Na]. The van der Waals surface area contributed by atoms with E-state index in [0.717, 1.165) is 0 Å². The summed E-state index contributed by atoms with van der Waals surface area (Å²) in [5.74, 6) is 0.514. The third kappa shape index (κ3) is 5.00. The molecule has 0 saturated carbocycles. The minimum atomic E-state index is -4.17. The summed E-state index contributed by atoms with van der Waals surface area (Å²) < 4.78 is 30.1. The minimum absolute atomic E-state index is 0. The van der Waals surface area contributed by atoms with Gasteiger partial charge in [-0.25, -0.2) is 19.8 Å². The second kappa shape index (κ2) is 9.19. The molecule has 3 rings (SSSR count). The number of nitrogens with one attached hydrogen (secondary N) is 1. The van der Waals surface area contributed by atoms with Crippen molar-refractivity contribution in [1.29, 1.82) is 0 Å². The number of piperidine rings is 1. The first-order chi connectivity index (χ1) is 12.8. The summed E-state index contributed by atoms with van der Waals surface area (Å²) in [5.41, 5.74) is -0.372. The van der Waals surface area contributed by atoms with Crippen molar-refractivity contribution in [3.05, 3.63) is 48.3 Å². The number of carbonyl (C=O) groups is 1. The molecule has 0 bridgehead atoms. The van der Waals surface area contributed by atoms with E-state index < -0.39 is 21.5 Å². The van der Waals surface area contributed by atoms with E-state index in [0.29, 0.717) is 43.2 Å². The number of methoxy groups -OCH3 is 1. The maximum absolute atomic E-state index is 12.9. The van der Waals surface area contributed by atoms with Gasteiger partial charge in [0, 0.05) is 55.0 Å². The minimum Gasteiger partial charge on any atom is -0.497 e. The number of hydrogen-bond donors (Lipinski definition) is 2. The van der Waals surface area contributed by atoms with Crippen LogP contribution in [0.3, 0.4) is 0 Å². The maximum atomic E-state index is 12.9. The van der Waals surface area contributed by atoms with Gasteiger partial charge < -0.3 is 9.64 Å². The monoisotopic (exact) mass is 414 g/mol. The molecule has 1 amide bonds. The second-order valence-electron chi connectivity index (χ2n) is 6.33. The molecule has 0 unspecified atom stereocenters. The summed E-state index contributed by atoms with van der Waals surface area (Å²) in [6, 6.07) is 8.80. The van der Waals surface area contributed by atoms with Crippen molar-refractivity contribution in [2.45, 2.75) is 18.3 Å². The van der Waals surface area contributed by atoms with Crippen molar-refractivity contribution < 1.29 is 17.9 Å². The molecule has 1 radical (unpaired) electrons. The van der Waals surface area contributed by atoms with Crippen LogP contribution in [0.1, 0.15) is 18.4 Å². The molecule has 1 fully saturated rings. The quantitative estimate of drug-likeness (QED) is 0.657. The second-order valence-corrected chi connectivity index (χ2v) is 7.62. The van der Waals surface area contributed by atoms with Gasteiger partial charge in [0.15, 0.2) is 0 Å². The largest absolute Gasteiger partial charge is 0.497 e. The van der Waals surface area contributed by atoms with Crippen LogP contribution < -0.4 is 19.5 Å². The van der Waals surface area contributed by atoms with E-state index in [4.69, 9.17) is 9.88 Å². The first kappa shape index (κ1) is 22.6. The van der Waals surface area contributed by atoms with E-state index in [9.17, 15) is 13.2 Å². The van der Waals surface area contributed by atoms with Crippen LogP contribution in [-0.4, -0.2) is 74.0 Å². The van der Waals surface area contributed by atoms with Gasteiger partial charge in [-0.1, -0.05) is 12.1 Å². The summed E-state index contributed by atoms with van der Waals surface area (Å²) in [5, 5.41) is 5.04. The molecule has 11 heteroatoms. The molecular formula is C17H21N5NaO4S. The molecule has 1 aromatic carbocycles. The first-order valence-corrected chi connectivity index (χ1v) is 9.90. The van der Waals surface area contributed by atoms with Crippen LogP contribution in [0.4, 0.5) is 5.95 Å². The average molecular weight is 414 g/mol. The van der Waals surface area contributed by atoms with Crippen molar-refractivity contribution in [2.75, 3.05) is 25.1 Å². The molecule has 1 aliphatic rings. The molecule has 28 heavy (non-hydrogen) atoms. The predicted molar refractivity (Wildman–Crippen MR) is 105 cm³/mol. The Balaban J connectivity index is 0.00000280. The molecule has 145 valence electrons. The smallest absolute Gasteiger partial charge is 0.298 e. The van der Waals surface area contributed by atoms with Gasteiger partial charge in [-0.3, -0.25) is 4.79 Å². The van der Waals surface area contributed by atoms with E-state index in [1.165, 1.54) is 7.11 Å².